The van der Waals surface area contributed by atoms with E-state index < -0.39 is 5.97 Å². The Balaban J connectivity index is 1.89. The summed E-state index contributed by atoms with van der Waals surface area (Å²) in [5.74, 6) is -0.182. The van der Waals surface area contributed by atoms with Crippen molar-refractivity contribution in [3.05, 3.63) is 82.6 Å². The van der Waals surface area contributed by atoms with Crippen molar-refractivity contribution in [2.24, 2.45) is 0 Å². The van der Waals surface area contributed by atoms with Crippen molar-refractivity contribution in [2.75, 3.05) is 6.61 Å². The second-order valence-corrected chi connectivity index (χ2v) is 6.15. The number of aromatic nitrogens is 1. The van der Waals surface area contributed by atoms with Crippen LogP contribution in [0.15, 0.2) is 60.8 Å². The fourth-order valence-electron chi connectivity index (χ4n) is 2.76. The highest BCUT2D eigenvalue weighted by atomic mass is 35.5. The second kappa shape index (κ2) is 8.02. The maximum atomic E-state index is 11.3. The number of hydrogen-bond donors (Lipinski definition) is 1. The standard InChI is InChI=1S/C21H18ClNO3/c1-2-26-17-6-3-5-14(11-17)15-8-9-16(19(22)12-15)13-20-18(21(24)25)7-4-10-23-20/h3-12H,2,13H2,1H3,(H,24,25). The van der Waals surface area contributed by atoms with Gasteiger partial charge in [-0.15, -0.1) is 0 Å². The van der Waals surface area contributed by atoms with Crippen molar-refractivity contribution in [2.45, 2.75) is 13.3 Å². The lowest BCUT2D eigenvalue weighted by Gasteiger charge is -2.10. The minimum absolute atomic E-state index is 0.192. The SMILES string of the molecule is CCOc1cccc(-c2ccc(Cc3ncccc3C(=O)O)c(Cl)c2)c1. The van der Waals surface area contributed by atoms with Gasteiger partial charge in [-0.05, 0) is 53.9 Å². The predicted molar refractivity (Wildman–Crippen MR) is 102 cm³/mol. The van der Waals surface area contributed by atoms with Gasteiger partial charge in [0, 0.05) is 17.6 Å². The predicted octanol–water partition coefficient (Wildman–Crippen LogP) is 5.09. The van der Waals surface area contributed by atoms with Gasteiger partial charge in [0.25, 0.3) is 0 Å². The highest BCUT2D eigenvalue weighted by molar-refractivity contribution is 6.31. The number of carboxylic acids is 1. The van der Waals surface area contributed by atoms with Crippen LogP contribution < -0.4 is 4.74 Å². The molecule has 132 valence electrons. The quantitative estimate of drug-likeness (QED) is 0.659. The number of aromatic carboxylic acids is 1. The summed E-state index contributed by atoms with van der Waals surface area (Å²) in [5, 5.41) is 9.87. The summed E-state index contributed by atoms with van der Waals surface area (Å²) >= 11 is 6.46. The summed E-state index contributed by atoms with van der Waals surface area (Å²) in [4.78, 5) is 15.5. The highest BCUT2D eigenvalue weighted by Crippen LogP contribution is 2.29. The van der Waals surface area contributed by atoms with Crippen molar-refractivity contribution in [3.63, 3.8) is 0 Å². The monoisotopic (exact) mass is 367 g/mol. The Kier molecular flexibility index (Phi) is 5.54. The summed E-state index contributed by atoms with van der Waals surface area (Å²) in [5.41, 5.74) is 3.50. The van der Waals surface area contributed by atoms with Gasteiger partial charge in [0.2, 0.25) is 0 Å². The molecule has 2 aromatic carbocycles. The van der Waals surface area contributed by atoms with Crippen LogP contribution in [0.4, 0.5) is 0 Å². The summed E-state index contributed by atoms with van der Waals surface area (Å²) in [7, 11) is 0. The average Bonchev–Trinajstić information content (AvgIpc) is 2.64. The molecule has 0 aliphatic carbocycles. The first kappa shape index (κ1) is 18.0. The van der Waals surface area contributed by atoms with Crippen LogP contribution >= 0.6 is 11.6 Å². The molecule has 1 aromatic heterocycles. The van der Waals surface area contributed by atoms with Gasteiger partial charge >= 0.3 is 5.97 Å². The van der Waals surface area contributed by atoms with Crippen molar-refractivity contribution in [3.8, 4) is 16.9 Å². The van der Waals surface area contributed by atoms with Gasteiger partial charge in [0.05, 0.1) is 17.9 Å². The molecule has 0 saturated carbocycles. The molecule has 0 radical (unpaired) electrons. The van der Waals surface area contributed by atoms with Crippen molar-refractivity contribution in [1.29, 1.82) is 0 Å². The molecule has 1 N–H and O–H groups in total. The van der Waals surface area contributed by atoms with E-state index in [1.165, 1.54) is 0 Å². The number of ether oxygens (including phenoxy) is 1. The first-order chi connectivity index (χ1) is 12.6. The van der Waals surface area contributed by atoms with Crippen molar-refractivity contribution in [1.82, 2.24) is 4.98 Å². The van der Waals surface area contributed by atoms with E-state index in [1.54, 1.807) is 18.3 Å². The Hall–Kier alpha value is -2.85. The van der Waals surface area contributed by atoms with Crippen LogP contribution in [-0.2, 0) is 6.42 Å². The van der Waals surface area contributed by atoms with Gasteiger partial charge in [-0.2, -0.15) is 0 Å². The molecular weight excluding hydrogens is 350 g/mol. The Labute approximate surface area is 157 Å². The second-order valence-electron chi connectivity index (χ2n) is 5.75. The fourth-order valence-corrected chi connectivity index (χ4v) is 3.00. The van der Waals surface area contributed by atoms with E-state index in [-0.39, 0.29) is 5.56 Å². The summed E-state index contributed by atoms with van der Waals surface area (Å²) in [6.45, 7) is 2.56. The number of carbonyl (C=O) groups is 1. The molecule has 4 nitrogen and oxygen atoms in total. The van der Waals surface area contributed by atoms with Crippen LogP contribution in [0.1, 0.15) is 28.5 Å². The molecule has 3 aromatic rings. The van der Waals surface area contributed by atoms with E-state index in [2.05, 4.69) is 4.98 Å². The van der Waals surface area contributed by atoms with Crippen LogP contribution in [0.2, 0.25) is 5.02 Å². The molecule has 5 heteroatoms. The van der Waals surface area contributed by atoms with Gasteiger partial charge in [0.1, 0.15) is 5.75 Å². The molecule has 0 aliphatic heterocycles. The number of nitrogens with zero attached hydrogens (tertiary/aromatic N) is 1. The molecule has 0 amide bonds. The van der Waals surface area contributed by atoms with Gasteiger partial charge in [-0.1, -0.05) is 35.9 Å². The topological polar surface area (TPSA) is 59.4 Å². The third-order valence-corrected chi connectivity index (χ3v) is 4.36. The highest BCUT2D eigenvalue weighted by Gasteiger charge is 2.13. The molecular formula is C21H18ClNO3. The van der Waals surface area contributed by atoms with Crippen LogP contribution in [0.3, 0.4) is 0 Å². The van der Waals surface area contributed by atoms with Gasteiger partial charge in [-0.3, -0.25) is 4.98 Å². The zero-order valence-corrected chi connectivity index (χ0v) is 15.0. The normalized spacial score (nSPS) is 10.5. The zero-order chi connectivity index (χ0) is 18.5. The molecule has 3 rings (SSSR count). The molecule has 0 aliphatic rings. The lowest BCUT2D eigenvalue weighted by Crippen LogP contribution is -2.05. The summed E-state index contributed by atoms with van der Waals surface area (Å²) in [6, 6.07) is 16.7. The molecule has 1 heterocycles. The van der Waals surface area contributed by atoms with Crippen molar-refractivity contribution < 1.29 is 14.6 Å². The molecule has 26 heavy (non-hydrogen) atoms. The number of rotatable bonds is 6. The number of pyridine rings is 1. The van der Waals surface area contributed by atoms with E-state index in [1.807, 2.05) is 49.4 Å². The number of hydrogen-bond acceptors (Lipinski definition) is 3. The van der Waals surface area contributed by atoms with Gasteiger partial charge in [-0.25, -0.2) is 4.79 Å². The number of benzene rings is 2. The third kappa shape index (κ3) is 4.03. The van der Waals surface area contributed by atoms with E-state index in [0.717, 1.165) is 22.4 Å². The smallest absolute Gasteiger partial charge is 0.337 e. The van der Waals surface area contributed by atoms with E-state index in [4.69, 9.17) is 16.3 Å². The van der Waals surface area contributed by atoms with E-state index >= 15 is 0 Å². The average molecular weight is 368 g/mol. The molecule has 0 fully saturated rings. The van der Waals surface area contributed by atoms with Crippen LogP contribution in [0, 0.1) is 0 Å². The first-order valence-corrected chi connectivity index (χ1v) is 8.65. The van der Waals surface area contributed by atoms with Crippen LogP contribution in [-0.4, -0.2) is 22.7 Å². The third-order valence-electron chi connectivity index (χ3n) is 4.01. The molecule has 0 bridgehead atoms. The first-order valence-electron chi connectivity index (χ1n) is 8.27. The fraction of sp³-hybridized carbons (Fsp3) is 0.143. The molecule has 0 saturated heterocycles. The molecule has 0 spiro atoms. The van der Waals surface area contributed by atoms with Crippen LogP contribution in [0.5, 0.6) is 5.75 Å². The maximum Gasteiger partial charge on any atom is 0.337 e. The van der Waals surface area contributed by atoms with Crippen LogP contribution in [0.25, 0.3) is 11.1 Å². The largest absolute Gasteiger partial charge is 0.494 e. The Morgan fingerprint density at radius 3 is 2.65 bits per heavy atom. The lowest BCUT2D eigenvalue weighted by atomic mass is 10.0. The Bertz CT molecular complexity index is 940. The maximum absolute atomic E-state index is 11.3. The molecule has 0 unspecified atom stereocenters. The zero-order valence-electron chi connectivity index (χ0n) is 14.3. The van der Waals surface area contributed by atoms with Crippen molar-refractivity contribution >= 4 is 17.6 Å². The number of halogens is 1. The number of carboxylic acid groups (broad SMARTS) is 1. The molecule has 0 atom stereocenters. The Morgan fingerprint density at radius 2 is 1.92 bits per heavy atom. The minimum Gasteiger partial charge on any atom is -0.494 e. The van der Waals surface area contributed by atoms with E-state index in [0.29, 0.717) is 23.7 Å². The van der Waals surface area contributed by atoms with Gasteiger partial charge in [0.15, 0.2) is 0 Å². The Morgan fingerprint density at radius 1 is 1.12 bits per heavy atom. The van der Waals surface area contributed by atoms with E-state index in [9.17, 15) is 9.90 Å². The summed E-state index contributed by atoms with van der Waals surface area (Å²) in [6.07, 6.45) is 1.95. The summed E-state index contributed by atoms with van der Waals surface area (Å²) < 4.78 is 5.54. The lowest BCUT2D eigenvalue weighted by molar-refractivity contribution is 0.0695. The van der Waals surface area contributed by atoms with Gasteiger partial charge < -0.3 is 9.84 Å². The minimum atomic E-state index is -0.992.